The van der Waals surface area contributed by atoms with Crippen molar-refractivity contribution in [2.45, 2.75) is 4.90 Å². The molecule has 2 aromatic carbocycles. The van der Waals surface area contributed by atoms with Crippen LogP contribution < -0.4 is 5.32 Å². The molecule has 0 aliphatic heterocycles. The molecular weight excluding hydrogens is 560 g/mol. The Morgan fingerprint density at radius 1 is 1.21 bits per heavy atom. The van der Waals surface area contributed by atoms with Crippen LogP contribution in [0.25, 0.3) is 0 Å². The van der Waals surface area contributed by atoms with Gasteiger partial charge >= 0.3 is 5.97 Å². The number of carbonyl (C=O) groups is 2. The van der Waals surface area contributed by atoms with Crippen LogP contribution in [0.3, 0.4) is 0 Å². The van der Waals surface area contributed by atoms with E-state index in [4.69, 9.17) is 16.3 Å². The zero-order chi connectivity index (χ0) is 21.9. The highest BCUT2D eigenvalue weighted by molar-refractivity contribution is 9.11. The molecule has 0 aliphatic carbocycles. The lowest BCUT2D eigenvalue weighted by Crippen LogP contribution is -2.21. The molecule has 0 spiro atoms. The molecule has 0 aromatic heterocycles. The molecule has 0 aliphatic rings. The predicted octanol–water partition coefficient (Wildman–Crippen LogP) is 3.97. The van der Waals surface area contributed by atoms with E-state index in [1.807, 2.05) is 0 Å². The smallest absolute Gasteiger partial charge is 0.340 e. The minimum atomic E-state index is -3.57. The summed E-state index contributed by atoms with van der Waals surface area (Å²) in [6.45, 7) is -0.700. The van der Waals surface area contributed by atoms with Gasteiger partial charge in [0.2, 0.25) is 0 Å². The fourth-order valence-electron chi connectivity index (χ4n) is 2.06. The summed E-state index contributed by atoms with van der Waals surface area (Å²) in [6.07, 6.45) is 0.971. The van der Waals surface area contributed by atoms with Crippen molar-refractivity contribution < 1.29 is 27.7 Å². The molecule has 0 saturated heterocycles. The zero-order valence-corrected chi connectivity index (χ0v) is 19.2. The van der Waals surface area contributed by atoms with E-state index in [1.54, 1.807) is 0 Å². The van der Waals surface area contributed by atoms with Gasteiger partial charge in [-0.3, -0.25) is 14.9 Å². The summed E-state index contributed by atoms with van der Waals surface area (Å²) in [6, 6.07) is 5.93. The van der Waals surface area contributed by atoms with Crippen LogP contribution in [-0.2, 0) is 19.4 Å². The van der Waals surface area contributed by atoms with E-state index in [0.29, 0.717) is 0 Å². The van der Waals surface area contributed by atoms with Crippen LogP contribution in [-0.4, -0.2) is 38.1 Å². The molecule has 2 aromatic rings. The topological polar surface area (TPSA) is 133 Å². The Bertz CT molecular complexity index is 1100. The molecule has 29 heavy (non-hydrogen) atoms. The van der Waals surface area contributed by atoms with Gasteiger partial charge in [0.15, 0.2) is 16.4 Å². The van der Waals surface area contributed by atoms with Crippen molar-refractivity contribution in [3.8, 4) is 0 Å². The molecule has 0 unspecified atom stereocenters. The standard InChI is InChI=1S/C16H11Br2ClN2O7S/c1-29(26,27)9-2-3-13(19)10(6-9)16(23)28-7-14(22)20-15-11(17)4-8(21(24)25)5-12(15)18/h2-6H,7H2,1H3,(H,20,22). The molecule has 0 saturated carbocycles. The maximum absolute atomic E-state index is 12.2. The fourth-order valence-corrected chi connectivity index (χ4v) is 4.26. The van der Waals surface area contributed by atoms with Crippen LogP contribution in [0, 0.1) is 10.1 Å². The first-order valence-corrected chi connectivity index (χ1v) is 11.4. The Hall–Kier alpha value is -2.02. The first kappa shape index (κ1) is 23.3. The molecule has 0 heterocycles. The number of amides is 1. The molecular formula is C16H11Br2ClN2O7S. The van der Waals surface area contributed by atoms with Gasteiger partial charge in [-0.05, 0) is 50.1 Å². The number of ether oxygens (including phenoxy) is 1. The summed E-state index contributed by atoms with van der Waals surface area (Å²) in [4.78, 5) is 34.4. The van der Waals surface area contributed by atoms with Gasteiger partial charge in [0.05, 0.1) is 26.1 Å². The number of nitro benzene ring substituents is 1. The van der Waals surface area contributed by atoms with Gasteiger partial charge in [-0.2, -0.15) is 0 Å². The van der Waals surface area contributed by atoms with Crippen LogP contribution in [0.15, 0.2) is 44.2 Å². The van der Waals surface area contributed by atoms with Crippen molar-refractivity contribution in [3.63, 3.8) is 0 Å². The summed E-state index contributed by atoms with van der Waals surface area (Å²) in [7, 11) is -3.57. The number of hydrogen-bond donors (Lipinski definition) is 1. The molecule has 1 N–H and O–H groups in total. The second-order valence-electron chi connectivity index (χ2n) is 5.58. The number of rotatable bonds is 6. The van der Waals surface area contributed by atoms with Crippen LogP contribution in [0.5, 0.6) is 0 Å². The van der Waals surface area contributed by atoms with Crippen molar-refractivity contribution in [2.75, 3.05) is 18.2 Å². The number of sulfone groups is 1. The highest BCUT2D eigenvalue weighted by atomic mass is 79.9. The largest absolute Gasteiger partial charge is 0.452 e. The van der Waals surface area contributed by atoms with Gasteiger partial charge in [0.1, 0.15) is 0 Å². The van der Waals surface area contributed by atoms with Gasteiger partial charge in [0, 0.05) is 27.3 Å². The highest BCUT2D eigenvalue weighted by Crippen LogP contribution is 2.35. The average Bonchev–Trinajstić information content (AvgIpc) is 2.61. The minimum absolute atomic E-state index is 0.0383. The number of nitrogens with one attached hydrogen (secondary N) is 1. The Morgan fingerprint density at radius 2 is 1.79 bits per heavy atom. The Kier molecular flexibility index (Phi) is 7.38. The number of nitro groups is 1. The Balaban J connectivity index is 2.11. The quantitative estimate of drug-likeness (QED) is 0.316. The summed E-state index contributed by atoms with van der Waals surface area (Å²) in [5, 5.41) is 13.2. The second-order valence-corrected chi connectivity index (χ2v) is 9.71. The van der Waals surface area contributed by atoms with Crippen LogP contribution >= 0.6 is 43.5 Å². The number of nitrogens with zero attached hydrogens (tertiary/aromatic N) is 1. The summed E-state index contributed by atoms with van der Waals surface area (Å²) < 4.78 is 28.6. The molecule has 2 rings (SSSR count). The fraction of sp³-hybridized carbons (Fsp3) is 0.125. The third kappa shape index (κ3) is 5.98. The molecule has 1 amide bonds. The van der Waals surface area contributed by atoms with E-state index < -0.39 is 33.2 Å². The zero-order valence-electron chi connectivity index (χ0n) is 14.4. The van der Waals surface area contributed by atoms with Crippen molar-refractivity contribution >= 4 is 76.5 Å². The molecule has 154 valence electrons. The number of halogens is 3. The second kappa shape index (κ2) is 9.20. The van der Waals surface area contributed by atoms with Gasteiger partial charge in [-0.25, -0.2) is 13.2 Å². The van der Waals surface area contributed by atoms with E-state index in [-0.39, 0.29) is 35.8 Å². The van der Waals surface area contributed by atoms with Gasteiger partial charge in [0.25, 0.3) is 11.6 Å². The van der Waals surface area contributed by atoms with E-state index in [1.165, 1.54) is 24.3 Å². The third-order valence-corrected chi connectivity index (χ3v) is 6.11. The normalized spacial score (nSPS) is 11.0. The van der Waals surface area contributed by atoms with E-state index in [0.717, 1.165) is 12.3 Å². The van der Waals surface area contributed by atoms with Gasteiger partial charge in [-0.1, -0.05) is 11.6 Å². The van der Waals surface area contributed by atoms with Gasteiger partial charge in [-0.15, -0.1) is 0 Å². The van der Waals surface area contributed by atoms with Crippen LogP contribution in [0.4, 0.5) is 11.4 Å². The first-order valence-electron chi connectivity index (χ1n) is 7.50. The van der Waals surface area contributed by atoms with E-state index in [9.17, 15) is 28.1 Å². The number of esters is 1. The lowest BCUT2D eigenvalue weighted by molar-refractivity contribution is -0.385. The first-order chi connectivity index (χ1) is 13.4. The number of benzene rings is 2. The molecule has 9 nitrogen and oxygen atoms in total. The van der Waals surface area contributed by atoms with E-state index in [2.05, 4.69) is 37.2 Å². The Labute approximate surface area is 186 Å². The maximum atomic E-state index is 12.2. The van der Waals surface area contributed by atoms with Crippen molar-refractivity contribution in [3.05, 3.63) is 60.0 Å². The maximum Gasteiger partial charge on any atom is 0.340 e. The highest BCUT2D eigenvalue weighted by Gasteiger charge is 2.19. The Morgan fingerprint density at radius 3 is 2.31 bits per heavy atom. The number of non-ortho nitro benzene ring substituents is 1. The van der Waals surface area contributed by atoms with Crippen molar-refractivity contribution in [1.82, 2.24) is 0 Å². The molecule has 0 fully saturated rings. The average molecular weight is 571 g/mol. The summed E-state index contributed by atoms with van der Waals surface area (Å²) in [5.41, 5.74) is -0.206. The molecule has 13 heteroatoms. The number of hydrogen-bond acceptors (Lipinski definition) is 7. The molecule has 0 radical (unpaired) electrons. The van der Waals surface area contributed by atoms with E-state index >= 15 is 0 Å². The van der Waals surface area contributed by atoms with Crippen molar-refractivity contribution in [2.24, 2.45) is 0 Å². The summed E-state index contributed by atoms with van der Waals surface area (Å²) in [5.74, 6) is -1.72. The SMILES string of the molecule is CS(=O)(=O)c1ccc(Cl)c(C(=O)OCC(=O)Nc2c(Br)cc([N+](=O)[O-])cc2Br)c1. The summed E-state index contributed by atoms with van der Waals surface area (Å²) >= 11 is 12.1. The van der Waals surface area contributed by atoms with Gasteiger partial charge < -0.3 is 10.1 Å². The number of carbonyl (C=O) groups excluding carboxylic acids is 2. The number of anilines is 1. The minimum Gasteiger partial charge on any atom is -0.452 e. The lowest BCUT2D eigenvalue weighted by Gasteiger charge is -2.11. The molecule has 0 bridgehead atoms. The predicted molar refractivity (Wildman–Crippen MR) is 112 cm³/mol. The lowest BCUT2D eigenvalue weighted by atomic mass is 10.2. The third-order valence-electron chi connectivity index (χ3n) is 3.42. The van der Waals surface area contributed by atoms with Crippen molar-refractivity contribution in [1.29, 1.82) is 0 Å². The van der Waals surface area contributed by atoms with Crippen LogP contribution in [0.1, 0.15) is 10.4 Å². The monoisotopic (exact) mass is 568 g/mol. The van der Waals surface area contributed by atoms with Crippen LogP contribution in [0.2, 0.25) is 5.02 Å². The molecule has 0 atom stereocenters.